The molecule has 0 radical (unpaired) electrons. The molecule has 0 saturated carbocycles. The SMILES string of the molecule is CCC(C)(C#N)C(=O)NC1CCN(C)CC1C. The molecule has 3 unspecified atom stereocenters. The number of likely N-dealkylation sites (tertiary alicyclic amines) is 1. The Morgan fingerprint density at radius 2 is 2.29 bits per heavy atom. The highest BCUT2D eigenvalue weighted by atomic mass is 16.2. The highest BCUT2D eigenvalue weighted by Crippen LogP contribution is 2.22. The summed E-state index contributed by atoms with van der Waals surface area (Å²) in [6, 6.07) is 2.33. The van der Waals surface area contributed by atoms with E-state index in [2.05, 4.69) is 30.3 Å². The third-order valence-corrected chi connectivity index (χ3v) is 3.88. The fourth-order valence-electron chi connectivity index (χ4n) is 2.19. The van der Waals surface area contributed by atoms with Crippen molar-refractivity contribution in [1.29, 1.82) is 5.26 Å². The molecule has 1 heterocycles. The number of carbonyl (C=O) groups is 1. The maximum Gasteiger partial charge on any atom is 0.240 e. The molecule has 1 rings (SSSR count). The minimum Gasteiger partial charge on any atom is -0.352 e. The highest BCUT2D eigenvalue weighted by molar-refractivity contribution is 5.85. The Bertz CT molecular complexity index is 323. The lowest BCUT2D eigenvalue weighted by molar-refractivity contribution is -0.129. The summed E-state index contributed by atoms with van der Waals surface area (Å²) < 4.78 is 0. The topological polar surface area (TPSA) is 56.1 Å². The lowest BCUT2D eigenvalue weighted by Gasteiger charge is -2.36. The summed E-state index contributed by atoms with van der Waals surface area (Å²) in [4.78, 5) is 14.3. The van der Waals surface area contributed by atoms with Gasteiger partial charge in [0.25, 0.3) is 0 Å². The minimum atomic E-state index is -0.886. The zero-order chi connectivity index (χ0) is 13.1. The molecule has 0 aromatic rings. The van der Waals surface area contributed by atoms with Crippen LogP contribution in [0.3, 0.4) is 0 Å². The van der Waals surface area contributed by atoms with Gasteiger partial charge in [-0.3, -0.25) is 4.79 Å². The van der Waals surface area contributed by atoms with E-state index in [4.69, 9.17) is 5.26 Å². The molecule has 1 amide bonds. The van der Waals surface area contributed by atoms with Gasteiger partial charge in [0.05, 0.1) is 6.07 Å². The molecule has 0 aliphatic carbocycles. The smallest absolute Gasteiger partial charge is 0.240 e. The van der Waals surface area contributed by atoms with Crippen molar-refractivity contribution in [3.8, 4) is 6.07 Å². The Morgan fingerprint density at radius 3 is 2.76 bits per heavy atom. The van der Waals surface area contributed by atoms with Crippen molar-refractivity contribution in [3.63, 3.8) is 0 Å². The quantitative estimate of drug-likeness (QED) is 0.807. The van der Waals surface area contributed by atoms with Crippen molar-refractivity contribution in [2.24, 2.45) is 11.3 Å². The van der Waals surface area contributed by atoms with Gasteiger partial charge in [0.1, 0.15) is 5.41 Å². The number of hydrogen-bond acceptors (Lipinski definition) is 3. The van der Waals surface area contributed by atoms with Gasteiger partial charge < -0.3 is 10.2 Å². The van der Waals surface area contributed by atoms with E-state index in [1.807, 2.05) is 6.92 Å². The lowest BCUT2D eigenvalue weighted by atomic mass is 9.86. The number of hydrogen-bond donors (Lipinski definition) is 1. The van der Waals surface area contributed by atoms with Crippen molar-refractivity contribution in [2.75, 3.05) is 20.1 Å². The van der Waals surface area contributed by atoms with E-state index in [1.165, 1.54) is 0 Å². The molecule has 1 aliphatic heterocycles. The molecule has 0 aromatic carbocycles. The fraction of sp³-hybridized carbons (Fsp3) is 0.846. The summed E-state index contributed by atoms with van der Waals surface area (Å²) in [5.74, 6) is 0.321. The average molecular weight is 237 g/mol. The Balaban J connectivity index is 2.60. The van der Waals surface area contributed by atoms with Crippen LogP contribution in [0.15, 0.2) is 0 Å². The van der Waals surface area contributed by atoms with Gasteiger partial charge in [0.2, 0.25) is 5.91 Å². The normalized spacial score (nSPS) is 29.1. The van der Waals surface area contributed by atoms with Crippen LogP contribution in [-0.4, -0.2) is 37.0 Å². The van der Waals surface area contributed by atoms with Gasteiger partial charge in [-0.15, -0.1) is 0 Å². The minimum absolute atomic E-state index is 0.121. The van der Waals surface area contributed by atoms with Gasteiger partial charge in [-0.1, -0.05) is 13.8 Å². The van der Waals surface area contributed by atoms with Crippen molar-refractivity contribution in [1.82, 2.24) is 10.2 Å². The summed E-state index contributed by atoms with van der Waals surface area (Å²) in [5.41, 5.74) is -0.886. The number of rotatable bonds is 3. The Labute approximate surface area is 104 Å². The van der Waals surface area contributed by atoms with Crippen LogP contribution in [0.1, 0.15) is 33.6 Å². The van der Waals surface area contributed by atoms with E-state index in [-0.39, 0.29) is 11.9 Å². The summed E-state index contributed by atoms with van der Waals surface area (Å²) in [5, 5.41) is 12.1. The largest absolute Gasteiger partial charge is 0.352 e. The second kappa shape index (κ2) is 5.50. The Morgan fingerprint density at radius 1 is 1.65 bits per heavy atom. The van der Waals surface area contributed by atoms with E-state index >= 15 is 0 Å². The van der Waals surface area contributed by atoms with E-state index in [1.54, 1.807) is 6.92 Å². The predicted octanol–water partition coefficient (Wildman–Crippen LogP) is 1.38. The monoisotopic (exact) mass is 237 g/mol. The van der Waals surface area contributed by atoms with Crippen molar-refractivity contribution >= 4 is 5.91 Å². The van der Waals surface area contributed by atoms with Crippen molar-refractivity contribution in [3.05, 3.63) is 0 Å². The Kier molecular flexibility index (Phi) is 4.53. The number of carbonyl (C=O) groups excluding carboxylic acids is 1. The van der Waals surface area contributed by atoms with E-state index in [0.717, 1.165) is 19.5 Å². The first-order valence-corrected chi connectivity index (χ1v) is 6.33. The first-order chi connectivity index (χ1) is 7.92. The molecule has 96 valence electrons. The first-order valence-electron chi connectivity index (χ1n) is 6.33. The standard InChI is InChI=1S/C13H23N3O/c1-5-13(3,9-14)12(17)15-11-6-7-16(4)8-10(11)2/h10-11H,5-8H2,1-4H3,(H,15,17). The molecular weight excluding hydrogens is 214 g/mol. The van der Waals surface area contributed by atoms with E-state index in [0.29, 0.717) is 12.3 Å². The van der Waals surface area contributed by atoms with Crippen LogP contribution in [-0.2, 0) is 4.79 Å². The van der Waals surface area contributed by atoms with Crippen molar-refractivity contribution in [2.45, 2.75) is 39.7 Å². The number of nitrogens with one attached hydrogen (secondary N) is 1. The van der Waals surface area contributed by atoms with Crippen molar-refractivity contribution < 1.29 is 4.79 Å². The molecule has 1 fully saturated rings. The molecule has 1 aliphatic rings. The first kappa shape index (κ1) is 14.0. The van der Waals surface area contributed by atoms with Crippen LogP contribution in [0.25, 0.3) is 0 Å². The molecule has 4 heteroatoms. The van der Waals surface area contributed by atoms with Crippen LogP contribution in [0.5, 0.6) is 0 Å². The number of nitrogens with zero attached hydrogens (tertiary/aromatic N) is 2. The molecule has 4 nitrogen and oxygen atoms in total. The third kappa shape index (κ3) is 3.19. The van der Waals surface area contributed by atoms with Crippen LogP contribution in [0.2, 0.25) is 0 Å². The van der Waals surface area contributed by atoms with E-state index < -0.39 is 5.41 Å². The number of piperidine rings is 1. The van der Waals surface area contributed by atoms with Crippen LogP contribution in [0.4, 0.5) is 0 Å². The lowest BCUT2D eigenvalue weighted by Crippen LogP contribution is -2.52. The van der Waals surface area contributed by atoms with Crippen LogP contribution >= 0.6 is 0 Å². The molecular formula is C13H23N3O. The molecule has 0 aromatic heterocycles. The fourth-order valence-corrected chi connectivity index (χ4v) is 2.19. The van der Waals surface area contributed by atoms with E-state index in [9.17, 15) is 4.79 Å². The highest BCUT2D eigenvalue weighted by Gasteiger charge is 2.34. The third-order valence-electron chi connectivity index (χ3n) is 3.88. The second-order valence-electron chi connectivity index (χ2n) is 5.41. The van der Waals surface area contributed by atoms with Gasteiger partial charge >= 0.3 is 0 Å². The Hall–Kier alpha value is -1.08. The molecule has 1 saturated heterocycles. The van der Waals surface area contributed by atoms with Crippen LogP contribution in [0, 0.1) is 22.7 Å². The molecule has 1 N–H and O–H groups in total. The van der Waals surface area contributed by atoms with Gasteiger partial charge in [-0.2, -0.15) is 5.26 Å². The molecule has 17 heavy (non-hydrogen) atoms. The van der Waals surface area contributed by atoms with Gasteiger partial charge in [0.15, 0.2) is 0 Å². The average Bonchev–Trinajstić information content (AvgIpc) is 2.31. The number of nitriles is 1. The molecule has 0 bridgehead atoms. The maximum atomic E-state index is 12.1. The summed E-state index contributed by atoms with van der Waals surface area (Å²) >= 11 is 0. The second-order valence-corrected chi connectivity index (χ2v) is 5.41. The van der Waals surface area contributed by atoms with Gasteiger partial charge in [-0.05, 0) is 39.3 Å². The molecule has 0 spiro atoms. The van der Waals surface area contributed by atoms with Crippen LogP contribution < -0.4 is 5.32 Å². The maximum absolute atomic E-state index is 12.1. The predicted molar refractivity (Wildman–Crippen MR) is 67.2 cm³/mol. The number of amides is 1. The zero-order valence-corrected chi connectivity index (χ0v) is 11.3. The van der Waals surface area contributed by atoms with Gasteiger partial charge in [-0.25, -0.2) is 0 Å². The molecule has 3 atom stereocenters. The summed E-state index contributed by atoms with van der Waals surface area (Å²) in [6.45, 7) is 7.74. The van der Waals surface area contributed by atoms with Gasteiger partial charge in [0, 0.05) is 12.6 Å². The summed E-state index contributed by atoms with van der Waals surface area (Å²) in [7, 11) is 2.10. The summed E-state index contributed by atoms with van der Waals surface area (Å²) in [6.07, 6.45) is 1.52. The zero-order valence-electron chi connectivity index (χ0n) is 11.3.